The largest absolute Gasteiger partial charge is 0.294 e. The third-order valence-electron chi connectivity index (χ3n) is 2.84. The van der Waals surface area contributed by atoms with Crippen molar-refractivity contribution >= 4 is 11.7 Å². The second-order valence-corrected chi connectivity index (χ2v) is 3.87. The van der Waals surface area contributed by atoms with Gasteiger partial charge in [0.1, 0.15) is 0 Å². The first-order chi connectivity index (χ1) is 7.13. The number of terminal acetylenes is 1. The van der Waals surface area contributed by atoms with Gasteiger partial charge in [0.25, 0.3) is 0 Å². The molecule has 1 aliphatic rings. The Balaban J connectivity index is 2.30. The Kier molecular flexibility index (Phi) is 2.24. The molecule has 0 bridgehead atoms. The zero-order valence-corrected chi connectivity index (χ0v) is 8.87. The first-order valence-corrected chi connectivity index (χ1v) is 4.91. The summed E-state index contributed by atoms with van der Waals surface area (Å²) in [6.45, 7) is 4.47. The Bertz CT molecular complexity index is 441. The molecule has 1 saturated heterocycles. The van der Waals surface area contributed by atoms with Crippen LogP contribution in [0.5, 0.6) is 0 Å². The van der Waals surface area contributed by atoms with Gasteiger partial charge in [-0.1, -0.05) is 0 Å². The van der Waals surface area contributed by atoms with Crippen molar-refractivity contribution in [2.45, 2.75) is 20.3 Å². The lowest BCUT2D eigenvalue weighted by molar-refractivity contribution is -0.117. The summed E-state index contributed by atoms with van der Waals surface area (Å²) >= 11 is 0. The van der Waals surface area contributed by atoms with E-state index in [2.05, 4.69) is 16.1 Å². The predicted molar refractivity (Wildman–Crippen MR) is 57.4 cm³/mol. The monoisotopic (exact) mass is 203 g/mol. The van der Waals surface area contributed by atoms with Crippen molar-refractivity contribution in [3.05, 3.63) is 11.3 Å². The Labute approximate surface area is 88.7 Å². The summed E-state index contributed by atoms with van der Waals surface area (Å²) in [4.78, 5) is 13.4. The lowest BCUT2D eigenvalue weighted by Crippen LogP contribution is -2.25. The maximum atomic E-state index is 11.7. The van der Waals surface area contributed by atoms with E-state index in [-0.39, 0.29) is 11.8 Å². The second kappa shape index (κ2) is 3.43. The quantitative estimate of drug-likeness (QED) is 0.692. The van der Waals surface area contributed by atoms with E-state index in [1.54, 1.807) is 4.90 Å². The standard InChI is InChI=1S/C11H13N3O/c1-4-9-5-10(15)14(6-9)11-7(2)8(3)12-13-11/h1,9H,5-6H2,2-3H3,(H,12,13). The minimum absolute atomic E-state index is 0.0221. The van der Waals surface area contributed by atoms with E-state index in [4.69, 9.17) is 6.42 Å². The van der Waals surface area contributed by atoms with Crippen LogP contribution in [0, 0.1) is 32.1 Å². The minimum atomic E-state index is 0.0221. The van der Waals surface area contributed by atoms with E-state index < -0.39 is 0 Å². The van der Waals surface area contributed by atoms with Crippen LogP contribution in [0.25, 0.3) is 0 Å². The molecule has 1 N–H and O–H groups in total. The van der Waals surface area contributed by atoms with Gasteiger partial charge in [-0.15, -0.1) is 12.3 Å². The lowest BCUT2D eigenvalue weighted by atomic mass is 10.1. The molecule has 1 atom stereocenters. The smallest absolute Gasteiger partial charge is 0.229 e. The van der Waals surface area contributed by atoms with Gasteiger partial charge in [0.15, 0.2) is 5.82 Å². The zero-order valence-electron chi connectivity index (χ0n) is 8.87. The van der Waals surface area contributed by atoms with Crippen molar-refractivity contribution in [2.24, 2.45) is 5.92 Å². The van der Waals surface area contributed by atoms with Crippen molar-refractivity contribution in [3.63, 3.8) is 0 Å². The van der Waals surface area contributed by atoms with Crippen LogP contribution in [0.2, 0.25) is 0 Å². The fraction of sp³-hybridized carbons (Fsp3) is 0.455. The van der Waals surface area contributed by atoms with Gasteiger partial charge in [-0.05, 0) is 13.8 Å². The number of amides is 1. The van der Waals surface area contributed by atoms with E-state index in [9.17, 15) is 4.79 Å². The van der Waals surface area contributed by atoms with Crippen LogP contribution in [-0.2, 0) is 4.79 Å². The highest BCUT2D eigenvalue weighted by atomic mass is 16.2. The van der Waals surface area contributed by atoms with Crippen molar-refractivity contribution in [1.82, 2.24) is 10.2 Å². The molecule has 0 radical (unpaired) electrons. The molecule has 0 aliphatic carbocycles. The van der Waals surface area contributed by atoms with E-state index in [1.807, 2.05) is 13.8 Å². The number of aryl methyl sites for hydroxylation is 1. The summed E-state index contributed by atoms with van der Waals surface area (Å²) in [6, 6.07) is 0. The molecule has 4 nitrogen and oxygen atoms in total. The number of aromatic nitrogens is 2. The van der Waals surface area contributed by atoms with E-state index >= 15 is 0 Å². The maximum Gasteiger partial charge on any atom is 0.229 e. The van der Waals surface area contributed by atoms with Crippen molar-refractivity contribution in [2.75, 3.05) is 11.4 Å². The number of nitrogens with one attached hydrogen (secondary N) is 1. The highest BCUT2D eigenvalue weighted by molar-refractivity contribution is 5.95. The molecule has 2 rings (SSSR count). The number of nitrogens with zero attached hydrogens (tertiary/aromatic N) is 2. The highest BCUT2D eigenvalue weighted by Crippen LogP contribution is 2.26. The Morgan fingerprint density at radius 1 is 1.60 bits per heavy atom. The topological polar surface area (TPSA) is 49.0 Å². The number of hydrogen-bond acceptors (Lipinski definition) is 2. The summed E-state index contributed by atoms with van der Waals surface area (Å²) in [5.74, 6) is 3.42. The number of aromatic amines is 1. The first kappa shape index (κ1) is 9.78. The van der Waals surface area contributed by atoms with E-state index in [1.165, 1.54) is 0 Å². The third-order valence-corrected chi connectivity index (χ3v) is 2.84. The fourth-order valence-electron chi connectivity index (χ4n) is 1.76. The molecule has 1 aromatic rings. The summed E-state index contributed by atoms with van der Waals surface area (Å²) in [5.41, 5.74) is 2.00. The van der Waals surface area contributed by atoms with Gasteiger partial charge in [0, 0.05) is 30.1 Å². The molecule has 1 amide bonds. The molecule has 1 aromatic heterocycles. The van der Waals surface area contributed by atoms with Gasteiger partial charge >= 0.3 is 0 Å². The summed E-state index contributed by atoms with van der Waals surface area (Å²) in [6.07, 6.45) is 5.75. The second-order valence-electron chi connectivity index (χ2n) is 3.87. The Morgan fingerprint density at radius 3 is 2.80 bits per heavy atom. The van der Waals surface area contributed by atoms with Gasteiger partial charge in [-0.25, -0.2) is 0 Å². The SMILES string of the molecule is C#CC1CC(=O)N(c2n[nH]c(C)c2C)C1. The molecule has 0 aromatic carbocycles. The van der Waals surface area contributed by atoms with Crippen molar-refractivity contribution < 1.29 is 4.79 Å². The van der Waals surface area contributed by atoms with Gasteiger partial charge in [0.2, 0.25) is 5.91 Å². The summed E-state index contributed by atoms with van der Waals surface area (Å²) in [7, 11) is 0. The average Bonchev–Trinajstić information content (AvgIpc) is 2.73. The molecule has 1 unspecified atom stereocenters. The van der Waals surface area contributed by atoms with Gasteiger partial charge in [-0.3, -0.25) is 14.8 Å². The molecule has 1 aliphatic heterocycles. The average molecular weight is 203 g/mol. The van der Waals surface area contributed by atoms with Gasteiger partial charge in [-0.2, -0.15) is 5.10 Å². The van der Waals surface area contributed by atoms with E-state index in [0.717, 1.165) is 17.1 Å². The maximum absolute atomic E-state index is 11.7. The minimum Gasteiger partial charge on any atom is -0.294 e. The molecule has 78 valence electrons. The Hall–Kier alpha value is -1.76. The first-order valence-electron chi connectivity index (χ1n) is 4.91. The van der Waals surface area contributed by atoms with Crippen LogP contribution in [-0.4, -0.2) is 22.6 Å². The van der Waals surface area contributed by atoms with Gasteiger partial charge in [0.05, 0.1) is 0 Å². The van der Waals surface area contributed by atoms with Crippen molar-refractivity contribution in [3.8, 4) is 12.3 Å². The van der Waals surface area contributed by atoms with Crippen LogP contribution in [0.15, 0.2) is 0 Å². The van der Waals surface area contributed by atoms with Crippen LogP contribution >= 0.6 is 0 Å². The molecular weight excluding hydrogens is 190 g/mol. The van der Waals surface area contributed by atoms with E-state index in [0.29, 0.717) is 13.0 Å². The molecule has 0 spiro atoms. The van der Waals surface area contributed by atoms with Crippen molar-refractivity contribution in [1.29, 1.82) is 0 Å². The molecule has 4 heteroatoms. The molecule has 1 fully saturated rings. The number of anilines is 1. The third kappa shape index (κ3) is 1.50. The molecular formula is C11H13N3O. The lowest BCUT2D eigenvalue weighted by Gasteiger charge is -2.13. The number of hydrogen-bond donors (Lipinski definition) is 1. The van der Waals surface area contributed by atoms with Crippen LogP contribution in [0.1, 0.15) is 17.7 Å². The van der Waals surface area contributed by atoms with Crippen LogP contribution < -0.4 is 4.90 Å². The Morgan fingerprint density at radius 2 is 2.33 bits per heavy atom. The molecule has 0 saturated carbocycles. The number of carbonyl (C=O) groups is 1. The van der Waals surface area contributed by atoms with Crippen LogP contribution in [0.4, 0.5) is 5.82 Å². The number of rotatable bonds is 1. The number of H-pyrrole nitrogens is 1. The molecule has 15 heavy (non-hydrogen) atoms. The zero-order chi connectivity index (χ0) is 11.0. The van der Waals surface area contributed by atoms with Crippen LogP contribution in [0.3, 0.4) is 0 Å². The molecule has 2 heterocycles. The normalized spacial score (nSPS) is 20.7. The fourth-order valence-corrected chi connectivity index (χ4v) is 1.76. The summed E-state index contributed by atoms with van der Waals surface area (Å²) in [5, 5.41) is 7.00. The number of carbonyl (C=O) groups excluding carboxylic acids is 1. The highest BCUT2D eigenvalue weighted by Gasteiger charge is 2.31. The summed E-state index contributed by atoms with van der Waals surface area (Å²) < 4.78 is 0. The predicted octanol–water partition coefficient (Wildman–Crippen LogP) is 1.01. The van der Waals surface area contributed by atoms with Gasteiger partial charge < -0.3 is 0 Å².